The highest BCUT2D eigenvalue weighted by molar-refractivity contribution is 5.72. The van der Waals surface area contributed by atoms with Crippen molar-refractivity contribution >= 4 is 23.0 Å². The number of nitrogens with two attached hydrogens (primary N) is 5. The first-order valence-corrected chi connectivity index (χ1v) is 10.6. The zero-order chi connectivity index (χ0) is 23.5. The number of anilines is 3. The minimum absolute atomic E-state index is 0.127. The maximum Gasteiger partial charge on any atom is 0.320 e. The fraction of sp³-hybridized carbons (Fsp3) is 0.240. The summed E-state index contributed by atoms with van der Waals surface area (Å²) in [5.41, 5.74) is 33.7. The smallest absolute Gasteiger partial charge is 0.320 e. The van der Waals surface area contributed by atoms with Gasteiger partial charge in [0, 0.05) is 23.0 Å². The first-order chi connectivity index (χ1) is 15.3. The lowest BCUT2D eigenvalue weighted by Crippen LogP contribution is -2.29. The molecule has 0 aromatic heterocycles. The van der Waals surface area contributed by atoms with Gasteiger partial charge in [-0.2, -0.15) is 0 Å². The topological polar surface area (TPSA) is 167 Å². The number of hydrogen-bond acceptors (Lipinski definition) is 6. The van der Waals surface area contributed by atoms with Crippen LogP contribution in [0.25, 0.3) is 0 Å². The molecule has 0 saturated carbocycles. The highest BCUT2D eigenvalue weighted by atomic mass is 16.4. The third-order valence-corrected chi connectivity index (χ3v) is 5.10. The Labute approximate surface area is 189 Å². The predicted octanol–water partition coefficient (Wildman–Crippen LogP) is 3.14. The Morgan fingerprint density at radius 2 is 1.03 bits per heavy atom. The largest absolute Gasteiger partial charge is 0.480 e. The number of unbranched alkanes of at least 4 members (excludes halogenated alkanes) is 1. The Kier molecular flexibility index (Phi) is 9.53. The SMILES string of the molecule is NCCCC[C@H](N)C(=O)O.Nc1ccc(C(c2ccc(N)cc2)c2ccc(N)cc2)cc1. The van der Waals surface area contributed by atoms with Crippen LogP contribution in [0.4, 0.5) is 17.1 Å². The maximum atomic E-state index is 10.1. The Morgan fingerprint density at radius 3 is 1.31 bits per heavy atom. The lowest BCUT2D eigenvalue weighted by atomic mass is 9.85. The molecular formula is C25H33N5O2. The van der Waals surface area contributed by atoms with E-state index in [0.717, 1.165) is 29.9 Å². The van der Waals surface area contributed by atoms with Gasteiger partial charge in [-0.15, -0.1) is 0 Å². The van der Waals surface area contributed by atoms with E-state index >= 15 is 0 Å². The minimum Gasteiger partial charge on any atom is -0.480 e. The van der Waals surface area contributed by atoms with E-state index in [1.807, 2.05) is 36.4 Å². The van der Waals surface area contributed by atoms with Crippen molar-refractivity contribution in [3.05, 3.63) is 89.5 Å². The second kappa shape index (κ2) is 12.3. The number of carboxylic acids is 1. The van der Waals surface area contributed by atoms with Crippen LogP contribution >= 0.6 is 0 Å². The third-order valence-electron chi connectivity index (χ3n) is 5.10. The molecule has 0 radical (unpaired) electrons. The summed E-state index contributed by atoms with van der Waals surface area (Å²) in [5, 5.41) is 8.33. The number of carboxylic acid groups (broad SMARTS) is 1. The minimum atomic E-state index is -0.933. The molecule has 0 heterocycles. The predicted molar refractivity (Wildman–Crippen MR) is 132 cm³/mol. The van der Waals surface area contributed by atoms with Crippen LogP contribution in [0.2, 0.25) is 0 Å². The van der Waals surface area contributed by atoms with E-state index in [1.165, 1.54) is 16.7 Å². The average molecular weight is 436 g/mol. The van der Waals surface area contributed by atoms with Gasteiger partial charge in [-0.3, -0.25) is 4.79 Å². The molecule has 0 aliphatic heterocycles. The second-order valence-corrected chi connectivity index (χ2v) is 7.66. The van der Waals surface area contributed by atoms with Gasteiger partial charge < -0.3 is 33.8 Å². The Morgan fingerprint density at radius 1 is 0.688 bits per heavy atom. The molecular weight excluding hydrogens is 402 g/mol. The van der Waals surface area contributed by atoms with Gasteiger partial charge in [0.25, 0.3) is 0 Å². The van der Waals surface area contributed by atoms with Crippen molar-refractivity contribution in [2.45, 2.75) is 31.2 Å². The molecule has 0 aliphatic rings. The highest BCUT2D eigenvalue weighted by Crippen LogP contribution is 2.33. The lowest BCUT2D eigenvalue weighted by molar-refractivity contribution is -0.138. The Bertz CT molecular complexity index is 849. The first-order valence-electron chi connectivity index (χ1n) is 10.6. The number of nitrogen functional groups attached to an aromatic ring is 3. The van der Waals surface area contributed by atoms with Crippen LogP contribution in [0.5, 0.6) is 0 Å². The van der Waals surface area contributed by atoms with Crippen LogP contribution in [0, 0.1) is 0 Å². The summed E-state index contributed by atoms with van der Waals surface area (Å²) in [6.45, 7) is 0.604. The molecule has 0 unspecified atom stereocenters. The van der Waals surface area contributed by atoms with Gasteiger partial charge in [-0.05, 0) is 72.5 Å². The van der Waals surface area contributed by atoms with Gasteiger partial charge in [-0.25, -0.2) is 0 Å². The van der Waals surface area contributed by atoms with Gasteiger partial charge in [0.05, 0.1) is 0 Å². The molecule has 7 heteroatoms. The van der Waals surface area contributed by atoms with Crippen molar-refractivity contribution in [3.8, 4) is 0 Å². The molecule has 170 valence electrons. The van der Waals surface area contributed by atoms with Crippen LogP contribution in [0.1, 0.15) is 41.9 Å². The van der Waals surface area contributed by atoms with Crippen LogP contribution in [0.15, 0.2) is 72.8 Å². The van der Waals surface area contributed by atoms with Crippen molar-refractivity contribution in [1.29, 1.82) is 0 Å². The molecule has 11 N–H and O–H groups in total. The van der Waals surface area contributed by atoms with Crippen LogP contribution < -0.4 is 28.7 Å². The second-order valence-electron chi connectivity index (χ2n) is 7.66. The summed E-state index contributed by atoms with van der Waals surface area (Å²) >= 11 is 0. The molecule has 3 rings (SSSR count). The summed E-state index contributed by atoms with van der Waals surface area (Å²) in [5.74, 6) is -0.807. The zero-order valence-electron chi connectivity index (χ0n) is 18.2. The maximum absolute atomic E-state index is 10.1. The fourth-order valence-corrected chi connectivity index (χ4v) is 3.27. The molecule has 3 aromatic carbocycles. The van der Waals surface area contributed by atoms with E-state index in [2.05, 4.69) is 36.4 Å². The molecule has 0 saturated heterocycles. The van der Waals surface area contributed by atoms with Crippen LogP contribution in [0.3, 0.4) is 0 Å². The monoisotopic (exact) mass is 435 g/mol. The van der Waals surface area contributed by atoms with E-state index in [1.54, 1.807) is 0 Å². The van der Waals surface area contributed by atoms with Crippen molar-refractivity contribution < 1.29 is 9.90 Å². The van der Waals surface area contributed by atoms with Crippen molar-refractivity contribution in [1.82, 2.24) is 0 Å². The summed E-state index contributed by atoms with van der Waals surface area (Å²) in [7, 11) is 0. The molecule has 0 aliphatic carbocycles. The van der Waals surface area contributed by atoms with Crippen molar-refractivity contribution in [2.75, 3.05) is 23.7 Å². The number of carbonyl (C=O) groups is 1. The van der Waals surface area contributed by atoms with E-state index in [-0.39, 0.29) is 5.92 Å². The molecule has 0 spiro atoms. The quantitative estimate of drug-likeness (QED) is 0.179. The molecule has 0 fully saturated rings. The van der Waals surface area contributed by atoms with E-state index < -0.39 is 12.0 Å². The van der Waals surface area contributed by atoms with Crippen molar-refractivity contribution in [3.63, 3.8) is 0 Å². The van der Waals surface area contributed by atoms with Gasteiger partial charge in [-0.1, -0.05) is 42.8 Å². The number of hydrogen-bond donors (Lipinski definition) is 6. The third kappa shape index (κ3) is 7.61. The fourth-order valence-electron chi connectivity index (χ4n) is 3.27. The summed E-state index contributed by atoms with van der Waals surface area (Å²) in [4.78, 5) is 10.1. The normalized spacial score (nSPS) is 11.5. The lowest BCUT2D eigenvalue weighted by Gasteiger charge is -2.19. The first kappa shape index (κ1) is 24.7. The Hall–Kier alpha value is -3.55. The summed E-state index contributed by atoms with van der Waals surface area (Å²) in [6, 6.07) is 23.2. The van der Waals surface area contributed by atoms with Gasteiger partial charge >= 0.3 is 5.97 Å². The van der Waals surface area contributed by atoms with Gasteiger partial charge in [0.2, 0.25) is 0 Å². The van der Waals surface area contributed by atoms with Crippen LogP contribution in [-0.4, -0.2) is 23.7 Å². The number of benzene rings is 3. The summed E-state index contributed by atoms with van der Waals surface area (Å²) < 4.78 is 0. The highest BCUT2D eigenvalue weighted by Gasteiger charge is 2.16. The molecule has 1 atom stereocenters. The Balaban J connectivity index is 0.000000309. The average Bonchev–Trinajstić information content (AvgIpc) is 2.78. The number of aliphatic carboxylic acids is 1. The number of rotatable bonds is 8. The van der Waals surface area contributed by atoms with Gasteiger partial charge in [0.15, 0.2) is 0 Å². The van der Waals surface area contributed by atoms with E-state index in [0.29, 0.717) is 13.0 Å². The molecule has 0 bridgehead atoms. The van der Waals surface area contributed by atoms with Crippen molar-refractivity contribution in [2.24, 2.45) is 11.5 Å². The molecule has 7 nitrogen and oxygen atoms in total. The van der Waals surface area contributed by atoms with Gasteiger partial charge in [0.1, 0.15) is 6.04 Å². The summed E-state index contributed by atoms with van der Waals surface area (Å²) in [6.07, 6.45) is 2.16. The molecule has 3 aromatic rings. The van der Waals surface area contributed by atoms with Crippen LogP contribution in [-0.2, 0) is 4.79 Å². The van der Waals surface area contributed by atoms with E-state index in [9.17, 15) is 4.79 Å². The zero-order valence-corrected chi connectivity index (χ0v) is 18.2. The molecule has 32 heavy (non-hydrogen) atoms. The van der Waals surface area contributed by atoms with E-state index in [4.69, 9.17) is 33.8 Å². The standard InChI is InChI=1S/C19H19N3.C6H14N2O2/c20-16-7-1-13(2-8-16)19(14-3-9-17(21)10-4-14)15-5-11-18(22)12-6-15;7-4-2-1-3-5(8)6(9)10/h1-12,19H,20-22H2;5H,1-4,7-8H2,(H,9,10)/t;5-/m.0/s1. The molecule has 0 amide bonds.